The smallest absolute Gasteiger partial charge is 0.160 e. The monoisotopic (exact) mass is 369 g/mol. The standard InChI is InChI=1S/C18H23N7O2/c1-12-11-26-7-5-24(12)17-8-13(16-10-19-4-6-27-16)18-20-9-15(25(18)23-17)14-2-3-21-22-14/h2-3,8-9,12,16,19H,4-7,10-11H2,1H3,(H,21,22)/t12-,16?/m1/s1. The third kappa shape index (κ3) is 2.97. The Labute approximate surface area is 156 Å². The summed E-state index contributed by atoms with van der Waals surface area (Å²) in [6, 6.07) is 4.31. The second-order valence-corrected chi connectivity index (χ2v) is 6.99. The van der Waals surface area contributed by atoms with Gasteiger partial charge in [-0.1, -0.05) is 0 Å². The summed E-state index contributed by atoms with van der Waals surface area (Å²) in [7, 11) is 0. The number of rotatable bonds is 3. The molecule has 0 radical (unpaired) electrons. The molecule has 1 unspecified atom stereocenters. The summed E-state index contributed by atoms with van der Waals surface area (Å²) in [6.07, 6.45) is 3.52. The fourth-order valence-corrected chi connectivity index (χ4v) is 3.77. The lowest BCUT2D eigenvalue weighted by Crippen LogP contribution is -2.44. The van der Waals surface area contributed by atoms with Gasteiger partial charge in [0.1, 0.15) is 11.5 Å². The van der Waals surface area contributed by atoms with Crippen LogP contribution in [0.5, 0.6) is 0 Å². The van der Waals surface area contributed by atoms with Crippen molar-refractivity contribution in [3.05, 3.63) is 30.1 Å². The summed E-state index contributed by atoms with van der Waals surface area (Å²) in [5, 5.41) is 15.4. The maximum Gasteiger partial charge on any atom is 0.160 e. The van der Waals surface area contributed by atoms with Crippen LogP contribution in [0.4, 0.5) is 5.82 Å². The molecule has 0 amide bonds. The lowest BCUT2D eigenvalue weighted by molar-refractivity contribution is 0.0282. The second kappa shape index (κ2) is 6.91. The predicted octanol–water partition coefficient (Wildman–Crippen LogP) is 1.01. The van der Waals surface area contributed by atoms with Gasteiger partial charge < -0.3 is 19.7 Å². The summed E-state index contributed by atoms with van der Waals surface area (Å²) in [5.74, 6) is 0.918. The molecule has 9 heteroatoms. The van der Waals surface area contributed by atoms with E-state index in [9.17, 15) is 0 Å². The first-order valence-electron chi connectivity index (χ1n) is 9.36. The molecule has 3 aromatic rings. The quantitative estimate of drug-likeness (QED) is 0.712. The average molecular weight is 369 g/mol. The number of aromatic amines is 1. The number of ether oxygens (including phenoxy) is 2. The predicted molar refractivity (Wildman–Crippen MR) is 99.8 cm³/mol. The van der Waals surface area contributed by atoms with Crippen molar-refractivity contribution in [2.75, 3.05) is 44.4 Å². The van der Waals surface area contributed by atoms with Gasteiger partial charge in [-0.05, 0) is 19.1 Å². The van der Waals surface area contributed by atoms with Crippen molar-refractivity contribution >= 4 is 11.5 Å². The Hall–Kier alpha value is -2.49. The van der Waals surface area contributed by atoms with E-state index in [4.69, 9.17) is 14.6 Å². The molecule has 2 fully saturated rings. The third-order valence-corrected chi connectivity index (χ3v) is 5.20. The van der Waals surface area contributed by atoms with E-state index in [1.165, 1.54) is 0 Å². The maximum atomic E-state index is 6.03. The van der Waals surface area contributed by atoms with Crippen LogP contribution in [0, 0.1) is 0 Å². The first-order chi connectivity index (χ1) is 13.3. The van der Waals surface area contributed by atoms with E-state index in [0.29, 0.717) is 19.8 Å². The first kappa shape index (κ1) is 16.7. The highest BCUT2D eigenvalue weighted by atomic mass is 16.5. The van der Waals surface area contributed by atoms with E-state index in [0.717, 1.165) is 48.1 Å². The molecule has 2 atom stereocenters. The molecule has 2 aliphatic heterocycles. The minimum Gasteiger partial charge on any atom is -0.377 e. The number of hydrogen-bond donors (Lipinski definition) is 2. The number of imidazole rings is 1. The van der Waals surface area contributed by atoms with Gasteiger partial charge in [0.2, 0.25) is 0 Å². The highest BCUT2D eigenvalue weighted by Gasteiger charge is 2.26. The van der Waals surface area contributed by atoms with Crippen LogP contribution in [0.3, 0.4) is 0 Å². The summed E-state index contributed by atoms with van der Waals surface area (Å²) in [4.78, 5) is 6.95. The van der Waals surface area contributed by atoms with E-state index in [2.05, 4.69) is 38.4 Å². The molecule has 0 bridgehead atoms. The van der Waals surface area contributed by atoms with Gasteiger partial charge in [-0.3, -0.25) is 5.10 Å². The number of fused-ring (bicyclic) bond motifs is 1. The first-order valence-corrected chi connectivity index (χ1v) is 9.36. The molecule has 5 rings (SSSR count). The van der Waals surface area contributed by atoms with Gasteiger partial charge in [-0.2, -0.15) is 5.10 Å². The Morgan fingerprint density at radius 2 is 2.26 bits per heavy atom. The van der Waals surface area contributed by atoms with Crippen LogP contribution in [-0.4, -0.2) is 70.3 Å². The van der Waals surface area contributed by atoms with Crippen LogP contribution < -0.4 is 10.2 Å². The molecule has 2 saturated heterocycles. The van der Waals surface area contributed by atoms with Crippen LogP contribution >= 0.6 is 0 Å². The molecule has 9 nitrogen and oxygen atoms in total. The van der Waals surface area contributed by atoms with Crippen LogP contribution in [0.2, 0.25) is 0 Å². The zero-order chi connectivity index (χ0) is 18.2. The Bertz CT molecular complexity index is 917. The largest absolute Gasteiger partial charge is 0.377 e. The van der Waals surface area contributed by atoms with Crippen molar-refractivity contribution in [1.82, 2.24) is 30.1 Å². The summed E-state index contributed by atoms with van der Waals surface area (Å²) in [5.41, 5.74) is 3.64. The summed E-state index contributed by atoms with van der Waals surface area (Å²) >= 11 is 0. The fourth-order valence-electron chi connectivity index (χ4n) is 3.77. The topological polar surface area (TPSA) is 92.6 Å². The highest BCUT2D eigenvalue weighted by Crippen LogP contribution is 2.30. The van der Waals surface area contributed by atoms with Crippen molar-refractivity contribution in [2.24, 2.45) is 0 Å². The average Bonchev–Trinajstić information content (AvgIpc) is 3.38. The minimum absolute atomic E-state index is 0.0450. The van der Waals surface area contributed by atoms with Gasteiger partial charge in [0.05, 0.1) is 43.9 Å². The van der Waals surface area contributed by atoms with Crippen LogP contribution in [0.25, 0.3) is 17.0 Å². The Kier molecular flexibility index (Phi) is 4.27. The third-order valence-electron chi connectivity index (χ3n) is 5.20. The number of nitrogens with zero attached hydrogens (tertiary/aromatic N) is 5. The van der Waals surface area contributed by atoms with Crippen molar-refractivity contribution in [1.29, 1.82) is 0 Å². The molecular formula is C18H23N7O2. The number of H-pyrrole nitrogens is 1. The zero-order valence-corrected chi connectivity index (χ0v) is 15.3. The zero-order valence-electron chi connectivity index (χ0n) is 15.3. The van der Waals surface area contributed by atoms with Crippen LogP contribution in [-0.2, 0) is 9.47 Å². The molecule has 142 valence electrons. The molecule has 3 aromatic heterocycles. The number of aromatic nitrogens is 5. The normalized spacial score (nSPS) is 23.8. The van der Waals surface area contributed by atoms with E-state index in [1.54, 1.807) is 6.20 Å². The number of hydrogen-bond acceptors (Lipinski definition) is 7. The lowest BCUT2D eigenvalue weighted by Gasteiger charge is -2.35. The minimum atomic E-state index is -0.0450. The molecular weight excluding hydrogens is 346 g/mol. The maximum absolute atomic E-state index is 6.03. The SMILES string of the molecule is C[C@@H]1COCCN1c1cc(C2CNCCO2)c2ncc(-c3ccn[nH]3)n2n1. The van der Waals surface area contributed by atoms with Gasteiger partial charge >= 0.3 is 0 Å². The van der Waals surface area contributed by atoms with E-state index < -0.39 is 0 Å². The molecule has 0 aromatic carbocycles. The van der Waals surface area contributed by atoms with Crippen molar-refractivity contribution < 1.29 is 9.47 Å². The molecule has 2 N–H and O–H groups in total. The number of morpholine rings is 2. The molecule has 2 aliphatic rings. The van der Waals surface area contributed by atoms with Gasteiger partial charge in [0, 0.05) is 31.4 Å². The number of anilines is 1. The summed E-state index contributed by atoms with van der Waals surface area (Å²) in [6.45, 7) is 6.72. The Morgan fingerprint density at radius 1 is 1.30 bits per heavy atom. The lowest BCUT2D eigenvalue weighted by atomic mass is 10.1. The second-order valence-electron chi connectivity index (χ2n) is 6.99. The van der Waals surface area contributed by atoms with Crippen molar-refractivity contribution in [3.8, 4) is 11.4 Å². The van der Waals surface area contributed by atoms with Crippen molar-refractivity contribution in [2.45, 2.75) is 19.1 Å². The summed E-state index contributed by atoms with van der Waals surface area (Å²) < 4.78 is 13.5. The van der Waals surface area contributed by atoms with E-state index in [-0.39, 0.29) is 12.1 Å². The molecule has 0 saturated carbocycles. The Morgan fingerprint density at radius 3 is 3.04 bits per heavy atom. The van der Waals surface area contributed by atoms with Gasteiger partial charge in [0.15, 0.2) is 5.65 Å². The molecule has 5 heterocycles. The Balaban J connectivity index is 1.67. The fraction of sp³-hybridized carbons (Fsp3) is 0.500. The van der Waals surface area contributed by atoms with Gasteiger partial charge in [-0.15, -0.1) is 5.10 Å². The molecule has 27 heavy (non-hydrogen) atoms. The number of nitrogens with one attached hydrogen (secondary N) is 2. The van der Waals surface area contributed by atoms with E-state index in [1.807, 2.05) is 16.8 Å². The highest BCUT2D eigenvalue weighted by molar-refractivity contribution is 5.64. The van der Waals surface area contributed by atoms with Gasteiger partial charge in [0.25, 0.3) is 0 Å². The molecule has 0 spiro atoms. The van der Waals surface area contributed by atoms with Crippen molar-refractivity contribution in [3.63, 3.8) is 0 Å². The van der Waals surface area contributed by atoms with Gasteiger partial charge in [-0.25, -0.2) is 9.50 Å². The molecule has 0 aliphatic carbocycles. The van der Waals surface area contributed by atoms with E-state index >= 15 is 0 Å². The van der Waals surface area contributed by atoms with Crippen LogP contribution in [0.15, 0.2) is 24.5 Å². The van der Waals surface area contributed by atoms with Crippen LogP contribution in [0.1, 0.15) is 18.6 Å².